The Bertz CT molecular complexity index is 274. The summed E-state index contributed by atoms with van der Waals surface area (Å²) in [4.78, 5) is 0. The van der Waals surface area contributed by atoms with Gasteiger partial charge < -0.3 is 5.11 Å². The van der Waals surface area contributed by atoms with Gasteiger partial charge in [-0.1, -0.05) is 56.7 Å². The lowest BCUT2D eigenvalue weighted by atomic mass is 10.0. The Hall–Kier alpha value is -1.08. The van der Waals surface area contributed by atoms with Crippen molar-refractivity contribution < 1.29 is 5.11 Å². The summed E-state index contributed by atoms with van der Waals surface area (Å²) in [5, 5.41) is 9.79. The van der Waals surface area contributed by atoms with Gasteiger partial charge in [0, 0.05) is 0 Å². The van der Waals surface area contributed by atoms with E-state index >= 15 is 0 Å². The molecule has 0 fully saturated rings. The van der Waals surface area contributed by atoms with Crippen molar-refractivity contribution in [2.24, 2.45) is 0 Å². The Balaban J connectivity index is 2.61. The molecule has 0 heterocycles. The van der Waals surface area contributed by atoms with E-state index in [1.807, 2.05) is 30.3 Å². The quantitative estimate of drug-likeness (QED) is 0.752. The van der Waals surface area contributed by atoms with E-state index in [1.165, 1.54) is 0 Å². The smallest absolute Gasteiger partial charge is 0.0790 e. The molecule has 1 nitrogen and oxygen atoms in total. The van der Waals surface area contributed by atoms with Crippen molar-refractivity contribution in [1.29, 1.82) is 0 Å². The van der Waals surface area contributed by atoms with Crippen LogP contribution in [0.5, 0.6) is 0 Å². The van der Waals surface area contributed by atoms with Gasteiger partial charge in [0.2, 0.25) is 0 Å². The van der Waals surface area contributed by atoms with Gasteiger partial charge in [0.25, 0.3) is 0 Å². The molecule has 0 saturated heterocycles. The number of rotatable bonds is 5. The molecule has 0 radical (unpaired) electrons. The summed E-state index contributed by atoms with van der Waals surface area (Å²) in [5.41, 5.74) is 2.10. The normalized spacial score (nSPS) is 12.4. The highest BCUT2D eigenvalue weighted by molar-refractivity contribution is 5.47. The fourth-order valence-electron chi connectivity index (χ4n) is 1.42. The van der Waals surface area contributed by atoms with Gasteiger partial charge in [0.1, 0.15) is 0 Å². The number of benzene rings is 1. The summed E-state index contributed by atoms with van der Waals surface area (Å²) in [6, 6.07) is 7.91. The van der Waals surface area contributed by atoms with Crippen molar-refractivity contribution in [3.63, 3.8) is 0 Å². The van der Waals surface area contributed by atoms with Gasteiger partial charge in [-0.05, 0) is 17.5 Å². The Kier molecular flexibility index (Phi) is 4.41. The first-order chi connectivity index (χ1) is 6.77. The molecule has 1 rings (SSSR count). The van der Waals surface area contributed by atoms with Crippen molar-refractivity contribution in [3.05, 3.63) is 42.0 Å². The summed E-state index contributed by atoms with van der Waals surface area (Å²) < 4.78 is 0. The SMILES string of the molecule is C=Cc1ccc(C(O)CCCC)cc1. The Morgan fingerprint density at radius 1 is 1.36 bits per heavy atom. The third-order valence-corrected chi connectivity index (χ3v) is 2.39. The summed E-state index contributed by atoms with van der Waals surface area (Å²) in [6.07, 6.45) is 4.55. The molecule has 1 N–H and O–H groups in total. The maximum Gasteiger partial charge on any atom is 0.0790 e. The number of hydrogen-bond donors (Lipinski definition) is 1. The molecule has 0 bridgehead atoms. The molecule has 1 heteroatoms. The molecular weight excluding hydrogens is 172 g/mol. The molecule has 0 aliphatic rings. The van der Waals surface area contributed by atoms with Crippen LogP contribution in [0.1, 0.15) is 43.4 Å². The van der Waals surface area contributed by atoms with Gasteiger partial charge in [0.15, 0.2) is 0 Å². The van der Waals surface area contributed by atoms with E-state index in [9.17, 15) is 5.11 Å². The summed E-state index contributed by atoms with van der Waals surface area (Å²) in [7, 11) is 0. The van der Waals surface area contributed by atoms with E-state index in [-0.39, 0.29) is 6.10 Å². The molecule has 1 atom stereocenters. The van der Waals surface area contributed by atoms with Gasteiger partial charge in [-0.3, -0.25) is 0 Å². The fraction of sp³-hybridized carbons (Fsp3) is 0.385. The van der Waals surface area contributed by atoms with Crippen LogP contribution in [-0.2, 0) is 0 Å². The number of unbranched alkanes of at least 4 members (excludes halogenated alkanes) is 1. The van der Waals surface area contributed by atoms with E-state index < -0.39 is 0 Å². The fourth-order valence-corrected chi connectivity index (χ4v) is 1.42. The van der Waals surface area contributed by atoms with Crippen LogP contribution >= 0.6 is 0 Å². The van der Waals surface area contributed by atoms with E-state index in [0.29, 0.717) is 0 Å². The molecule has 1 aromatic rings. The number of hydrogen-bond acceptors (Lipinski definition) is 1. The van der Waals surface area contributed by atoms with Crippen LogP contribution in [0.3, 0.4) is 0 Å². The monoisotopic (exact) mass is 190 g/mol. The number of aliphatic hydroxyl groups excluding tert-OH is 1. The third-order valence-electron chi connectivity index (χ3n) is 2.39. The molecule has 0 amide bonds. The molecule has 0 spiro atoms. The molecule has 1 unspecified atom stereocenters. The highest BCUT2D eigenvalue weighted by atomic mass is 16.3. The second-order valence-corrected chi connectivity index (χ2v) is 3.53. The predicted octanol–water partition coefficient (Wildman–Crippen LogP) is 3.55. The Morgan fingerprint density at radius 2 is 2.00 bits per heavy atom. The van der Waals surface area contributed by atoms with Crippen LogP contribution in [0.4, 0.5) is 0 Å². The lowest BCUT2D eigenvalue weighted by Crippen LogP contribution is -1.96. The molecule has 1 aromatic carbocycles. The Morgan fingerprint density at radius 3 is 2.50 bits per heavy atom. The van der Waals surface area contributed by atoms with Crippen LogP contribution in [0, 0.1) is 0 Å². The van der Waals surface area contributed by atoms with Crippen molar-refractivity contribution in [1.82, 2.24) is 0 Å². The standard InChI is InChI=1S/C13H18O/c1-3-5-6-13(14)12-9-7-11(4-2)8-10-12/h4,7-10,13-14H,2-3,5-6H2,1H3. The minimum Gasteiger partial charge on any atom is -0.388 e. The highest BCUT2D eigenvalue weighted by Gasteiger charge is 2.05. The molecule has 76 valence electrons. The van der Waals surface area contributed by atoms with Crippen molar-refractivity contribution in [3.8, 4) is 0 Å². The average Bonchev–Trinajstić information content (AvgIpc) is 2.26. The average molecular weight is 190 g/mol. The molecule has 0 saturated carbocycles. The van der Waals surface area contributed by atoms with Crippen LogP contribution in [-0.4, -0.2) is 5.11 Å². The van der Waals surface area contributed by atoms with Gasteiger partial charge in [-0.2, -0.15) is 0 Å². The van der Waals surface area contributed by atoms with Crippen molar-refractivity contribution >= 4 is 6.08 Å². The predicted molar refractivity (Wildman–Crippen MR) is 61.0 cm³/mol. The summed E-state index contributed by atoms with van der Waals surface area (Å²) in [5.74, 6) is 0. The van der Waals surface area contributed by atoms with E-state index in [1.54, 1.807) is 0 Å². The molecule has 0 aromatic heterocycles. The zero-order chi connectivity index (χ0) is 10.4. The van der Waals surface area contributed by atoms with Gasteiger partial charge >= 0.3 is 0 Å². The maximum atomic E-state index is 9.79. The first-order valence-corrected chi connectivity index (χ1v) is 5.18. The lowest BCUT2D eigenvalue weighted by Gasteiger charge is -2.10. The van der Waals surface area contributed by atoms with Crippen LogP contribution in [0.15, 0.2) is 30.8 Å². The van der Waals surface area contributed by atoms with Gasteiger partial charge in [0.05, 0.1) is 6.10 Å². The second kappa shape index (κ2) is 5.61. The van der Waals surface area contributed by atoms with Gasteiger partial charge in [-0.25, -0.2) is 0 Å². The van der Waals surface area contributed by atoms with Crippen LogP contribution in [0.2, 0.25) is 0 Å². The molecule has 0 aliphatic heterocycles. The van der Waals surface area contributed by atoms with E-state index in [0.717, 1.165) is 30.4 Å². The zero-order valence-electron chi connectivity index (χ0n) is 8.74. The van der Waals surface area contributed by atoms with E-state index in [4.69, 9.17) is 0 Å². The largest absolute Gasteiger partial charge is 0.388 e. The third kappa shape index (κ3) is 3.00. The first kappa shape index (κ1) is 11.0. The summed E-state index contributed by atoms with van der Waals surface area (Å²) >= 11 is 0. The highest BCUT2D eigenvalue weighted by Crippen LogP contribution is 2.19. The first-order valence-electron chi connectivity index (χ1n) is 5.18. The molecule has 14 heavy (non-hydrogen) atoms. The maximum absolute atomic E-state index is 9.79. The lowest BCUT2D eigenvalue weighted by molar-refractivity contribution is 0.164. The van der Waals surface area contributed by atoms with Crippen LogP contribution in [0.25, 0.3) is 6.08 Å². The molecular formula is C13H18O. The second-order valence-electron chi connectivity index (χ2n) is 3.53. The Labute approximate surface area is 86.1 Å². The minimum absolute atomic E-state index is 0.311. The van der Waals surface area contributed by atoms with Crippen molar-refractivity contribution in [2.75, 3.05) is 0 Å². The zero-order valence-corrected chi connectivity index (χ0v) is 8.74. The minimum atomic E-state index is -0.311. The van der Waals surface area contributed by atoms with Crippen LogP contribution < -0.4 is 0 Å². The van der Waals surface area contributed by atoms with Crippen molar-refractivity contribution in [2.45, 2.75) is 32.3 Å². The topological polar surface area (TPSA) is 20.2 Å². The van der Waals surface area contributed by atoms with Gasteiger partial charge in [-0.15, -0.1) is 0 Å². The number of aliphatic hydroxyl groups is 1. The molecule has 0 aliphatic carbocycles. The summed E-state index contributed by atoms with van der Waals surface area (Å²) in [6.45, 7) is 5.83. The van der Waals surface area contributed by atoms with E-state index in [2.05, 4.69) is 13.5 Å².